The minimum Gasteiger partial charge on any atom is -0.367 e. The van der Waals surface area contributed by atoms with Gasteiger partial charge in [-0.2, -0.15) is 5.10 Å². The predicted molar refractivity (Wildman–Crippen MR) is 144 cm³/mol. The highest BCUT2D eigenvalue weighted by Crippen LogP contribution is 2.31. The summed E-state index contributed by atoms with van der Waals surface area (Å²) >= 11 is 0. The molecular weight excluding hydrogens is 464 g/mol. The number of pyridine rings is 3. The summed E-state index contributed by atoms with van der Waals surface area (Å²) in [5.41, 5.74) is 8.20. The molecule has 10 heteroatoms. The smallest absolute Gasteiger partial charge is 0.180 e. The standard InChI is InChI=1S/C27H30N10/c1-35-10-12-37(13-11-35)22-6-7-29-26-24(22)31-27(32-26)25-23-21(33-34-25)5-4-20(30-23)19-14-18(15-28-16-19)17-36-8-2-3-9-36/h4-7,14-16H,2-3,8-13,17H2,1H3,(H,33,34)(H,29,31,32). The maximum Gasteiger partial charge on any atom is 0.180 e. The molecule has 2 N–H and O–H groups in total. The maximum atomic E-state index is 5.00. The Labute approximate surface area is 214 Å². The first-order valence-corrected chi connectivity index (χ1v) is 13.0. The summed E-state index contributed by atoms with van der Waals surface area (Å²) in [6.07, 6.45) is 8.24. The fraction of sp³-hybridized carbons (Fsp3) is 0.370. The summed E-state index contributed by atoms with van der Waals surface area (Å²) < 4.78 is 0. The number of rotatable bonds is 5. The van der Waals surface area contributed by atoms with Crippen LogP contribution in [0.15, 0.2) is 42.9 Å². The van der Waals surface area contributed by atoms with Crippen LogP contribution in [-0.4, -0.2) is 91.2 Å². The molecule has 2 saturated heterocycles. The van der Waals surface area contributed by atoms with Crippen molar-refractivity contribution in [2.75, 3.05) is 51.2 Å². The van der Waals surface area contributed by atoms with Crippen molar-refractivity contribution in [1.29, 1.82) is 0 Å². The second-order valence-electron chi connectivity index (χ2n) is 10.1. The second-order valence-corrected chi connectivity index (χ2v) is 10.1. The fourth-order valence-corrected chi connectivity index (χ4v) is 5.46. The largest absolute Gasteiger partial charge is 0.367 e. The molecule has 2 aliphatic rings. The first kappa shape index (κ1) is 22.3. The van der Waals surface area contributed by atoms with Crippen LogP contribution in [-0.2, 0) is 6.54 Å². The highest BCUT2D eigenvalue weighted by atomic mass is 15.3. The van der Waals surface area contributed by atoms with Crippen LogP contribution in [0.3, 0.4) is 0 Å². The molecule has 0 bridgehead atoms. The molecule has 0 aliphatic carbocycles. The van der Waals surface area contributed by atoms with Crippen LogP contribution in [0.1, 0.15) is 18.4 Å². The van der Waals surface area contributed by atoms with E-state index in [9.17, 15) is 0 Å². The summed E-state index contributed by atoms with van der Waals surface area (Å²) in [6.45, 7) is 7.29. The van der Waals surface area contributed by atoms with Gasteiger partial charge in [0.2, 0.25) is 0 Å². The Balaban J connectivity index is 1.24. The molecule has 2 fully saturated rings. The van der Waals surface area contributed by atoms with Gasteiger partial charge in [0.15, 0.2) is 17.2 Å². The van der Waals surface area contributed by atoms with Crippen LogP contribution in [0.4, 0.5) is 5.69 Å². The zero-order valence-corrected chi connectivity index (χ0v) is 21.0. The van der Waals surface area contributed by atoms with E-state index in [1.165, 1.54) is 18.4 Å². The molecule has 0 atom stereocenters. The lowest BCUT2D eigenvalue weighted by Gasteiger charge is -2.34. The van der Waals surface area contributed by atoms with Gasteiger partial charge in [-0.1, -0.05) is 0 Å². The molecule has 5 aromatic heterocycles. The molecular formula is C27H30N10. The Morgan fingerprint density at radius 2 is 1.81 bits per heavy atom. The van der Waals surface area contributed by atoms with Crippen molar-refractivity contribution in [1.82, 2.24) is 44.9 Å². The molecule has 7 rings (SSSR count). The van der Waals surface area contributed by atoms with Gasteiger partial charge in [-0.3, -0.25) is 15.0 Å². The van der Waals surface area contributed by atoms with Gasteiger partial charge in [-0.15, -0.1) is 0 Å². The van der Waals surface area contributed by atoms with Gasteiger partial charge >= 0.3 is 0 Å². The Bertz CT molecular complexity index is 1560. The number of fused-ring (bicyclic) bond motifs is 2. The molecule has 5 aromatic rings. The highest BCUT2D eigenvalue weighted by molar-refractivity contribution is 5.93. The van der Waals surface area contributed by atoms with Crippen molar-refractivity contribution in [2.45, 2.75) is 19.4 Å². The summed E-state index contributed by atoms with van der Waals surface area (Å²) in [7, 11) is 2.16. The third kappa shape index (κ3) is 4.21. The third-order valence-electron chi connectivity index (χ3n) is 7.54. The van der Waals surface area contributed by atoms with E-state index in [1.807, 2.05) is 30.7 Å². The molecule has 0 aromatic carbocycles. The maximum absolute atomic E-state index is 5.00. The van der Waals surface area contributed by atoms with Crippen LogP contribution < -0.4 is 4.90 Å². The van der Waals surface area contributed by atoms with E-state index >= 15 is 0 Å². The molecule has 0 spiro atoms. The zero-order valence-electron chi connectivity index (χ0n) is 21.0. The van der Waals surface area contributed by atoms with Crippen molar-refractivity contribution in [3.05, 3.63) is 48.4 Å². The van der Waals surface area contributed by atoms with E-state index in [4.69, 9.17) is 9.97 Å². The fourth-order valence-electron chi connectivity index (χ4n) is 5.46. The summed E-state index contributed by atoms with van der Waals surface area (Å²) in [5, 5.41) is 7.70. The van der Waals surface area contributed by atoms with E-state index in [-0.39, 0.29) is 0 Å². The number of H-pyrrole nitrogens is 2. The number of imidazole rings is 1. The van der Waals surface area contributed by atoms with Crippen molar-refractivity contribution in [3.8, 4) is 22.8 Å². The lowest BCUT2D eigenvalue weighted by atomic mass is 10.1. The molecule has 0 unspecified atom stereocenters. The van der Waals surface area contributed by atoms with Crippen LogP contribution in [0.5, 0.6) is 0 Å². The normalized spacial score (nSPS) is 17.4. The lowest BCUT2D eigenvalue weighted by molar-refractivity contribution is 0.313. The highest BCUT2D eigenvalue weighted by Gasteiger charge is 2.21. The van der Waals surface area contributed by atoms with Crippen molar-refractivity contribution >= 4 is 27.9 Å². The molecule has 2 aliphatic heterocycles. The topological polar surface area (TPSA) is 106 Å². The first-order valence-electron chi connectivity index (χ1n) is 13.0. The van der Waals surface area contributed by atoms with E-state index < -0.39 is 0 Å². The van der Waals surface area contributed by atoms with Gasteiger partial charge in [0, 0.05) is 56.9 Å². The number of hydrogen-bond donors (Lipinski definition) is 2. The molecule has 0 radical (unpaired) electrons. The Morgan fingerprint density at radius 1 is 0.946 bits per heavy atom. The number of likely N-dealkylation sites (N-methyl/N-ethyl adjacent to an activating group) is 1. The predicted octanol–water partition coefficient (Wildman–Crippen LogP) is 3.31. The molecule has 37 heavy (non-hydrogen) atoms. The van der Waals surface area contributed by atoms with Gasteiger partial charge in [0.25, 0.3) is 0 Å². The van der Waals surface area contributed by atoms with Gasteiger partial charge < -0.3 is 14.8 Å². The Morgan fingerprint density at radius 3 is 2.68 bits per heavy atom. The average molecular weight is 495 g/mol. The van der Waals surface area contributed by atoms with E-state index in [0.717, 1.165) is 79.3 Å². The third-order valence-corrected chi connectivity index (χ3v) is 7.54. The Kier molecular flexibility index (Phi) is 5.55. The van der Waals surface area contributed by atoms with Crippen LogP contribution >= 0.6 is 0 Å². The number of nitrogens with zero attached hydrogens (tertiary/aromatic N) is 8. The number of nitrogens with one attached hydrogen (secondary N) is 2. The van der Waals surface area contributed by atoms with Crippen molar-refractivity contribution in [2.24, 2.45) is 0 Å². The summed E-state index contributed by atoms with van der Waals surface area (Å²) in [6, 6.07) is 8.31. The average Bonchev–Trinajstić information content (AvgIpc) is 3.68. The van der Waals surface area contributed by atoms with Crippen LogP contribution in [0.25, 0.3) is 45.0 Å². The van der Waals surface area contributed by atoms with Gasteiger partial charge in [0.05, 0.1) is 16.9 Å². The number of anilines is 1. The Hall–Kier alpha value is -3.89. The number of hydrogen-bond acceptors (Lipinski definition) is 8. The summed E-state index contributed by atoms with van der Waals surface area (Å²) in [5.74, 6) is 0.667. The van der Waals surface area contributed by atoms with Crippen LogP contribution in [0.2, 0.25) is 0 Å². The molecule has 0 saturated carbocycles. The first-order chi connectivity index (χ1) is 18.2. The number of aromatic nitrogens is 7. The minimum absolute atomic E-state index is 0.667. The zero-order chi connectivity index (χ0) is 24.8. The van der Waals surface area contributed by atoms with Gasteiger partial charge in [-0.05, 0) is 62.8 Å². The SMILES string of the molecule is CN1CCN(c2ccnc3nc(-c4n[nH]c5ccc(-c6cncc(CN7CCCC7)c6)nc45)[nH]c23)CC1. The lowest BCUT2D eigenvalue weighted by Crippen LogP contribution is -2.44. The minimum atomic E-state index is 0.667. The number of aromatic amines is 2. The quantitative estimate of drug-likeness (QED) is 0.383. The molecule has 10 nitrogen and oxygen atoms in total. The second kappa shape index (κ2) is 9.20. The molecule has 0 amide bonds. The van der Waals surface area contributed by atoms with Crippen LogP contribution in [0, 0.1) is 0 Å². The van der Waals surface area contributed by atoms with Gasteiger partial charge in [0.1, 0.15) is 11.0 Å². The number of piperazine rings is 1. The van der Waals surface area contributed by atoms with Gasteiger partial charge in [-0.25, -0.2) is 15.0 Å². The van der Waals surface area contributed by atoms with E-state index in [1.54, 1.807) is 0 Å². The number of likely N-dealkylation sites (tertiary alicyclic amines) is 1. The van der Waals surface area contributed by atoms with E-state index in [0.29, 0.717) is 17.2 Å². The monoisotopic (exact) mass is 494 g/mol. The van der Waals surface area contributed by atoms with Crippen molar-refractivity contribution in [3.63, 3.8) is 0 Å². The summed E-state index contributed by atoms with van der Waals surface area (Å²) in [4.78, 5) is 29.6. The molecule has 188 valence electrons. The van der Waals surface area contributed by atoms with E-state index in [2.05, 4.69) is 59.0 Å². The van der Waals surface area contributed by atoms with Crippen molar-refractivity contribution < 1.29 is 0 Å². The molecule has 7 heterocycles.